The summed E-state index contributed by atoms with van der Waals surface area (Å²) >= 11 is 0. The van der Waals surface area contributed by atoms with E-state index in [2.05, 4.69) is 25.7 Å². The lowest BCUT2D eigenvalue weighted by molar-refractivity contribution is -0.136. The standard InChI is InChI=1S/C38H37N7O9/c1-51-36-26-19-30(54-29(26)13-14-39-36)28-20-40-31-10-12-34(43-45(28)31)53-23-16-21(17-23)41-32(46)6-4-2-3-5-15-52-22-7-8-24-25(18-22)38(50)44(37(24)49)27-9-11-33(47)42-35(27)48/h7-8,10,12-14,18-21,23,27H,2-6,9,11,15-17H2,1H3,(H,41,46)(H,42,47,48). The number of piperidine rings is 1. The minimum Gasteiger partial charge on any atom is -0.494 e. The molecule has 16 heteroatoms. The highest BCUT2D eigenvalue weighted by molar-refractivity contribution is 6.23. The number of imidazole rings is 1. The zero-order valence-electron chi connectivity index (χ0n) is 29.4. The molecule has 5 aromatic rings. The van der Waals surface area contributed by atoms with Gasteiger partial charge in [0.2, 0.25) is 29.5 Å². The molecule has 6 heterocycles. The average Bonchev–Trinajstić information content (AvgIpc) is 3.84. The van der Waals surface area contributed by atoms with Gasteiger partial charge >= 0.3 is 0 Å². The van der Waals surface area contributed by atoms with E-state index < -0.39 is 29.7 Å². The molecule has 1 unspecified atom stereocenters. The molecule has 2 fully saturated rings. The summed E-state index contributed by atoms with van der Waals surface area (Å²) in [7, 11) is 1.56. The highest BCUT2D eigenvalue weighted by Gasteiger charge is 2.44. The Labute approximate surface area is 308 Å². The molecule has 0 bridgehead atoms. The first kappa shape index (κ1) is 34.7. The van der Waals surface area contributed by atoms with E-state index in [4.69, 9.17) is 18.6 Å². The second kappa shape index (κ2) is 14.6. The quantitative estimate of drug-likeness (QED) is 0.123. The van der Waals surface area contributed by atoms with Crippen LogP contribution in [0, 0.1) is 0 Å². The van der Waals surface area contributed by atoms with Crippen LogP contribution >= 0.6 is 0 Å². The normalized spacial score (nSPS) is 19.5. The monoisotopic (exact) mass is 735 g/mol. The zero-order chi connectivity index (χ0) is 37.3. The lowest BCUT2D eigenvalue weighted by atomic mass is 9.89. The van der Waals surface area contributed by atoms with Gasteiger partial charge in [-0.15, -0.1) is 5.10 Å². The Morgan fingerprint density at radius 1 is 0.981 bits per heavy atom. The molecular formula is C38H37N7O9. The van der Waals surface area contributed by atoms with Crippen molar-refractivity contribution in [2.45, 2.75) is 76.0 Å². The SMILES string of the molecule is COc1nccc2oc(-c3cnc4ccc(OC5CC(NC(=O)CCCCCCOc6ccc7c(c6)C(=O)N(C6CCC(=O)NC6=O)C7=O)C5)nn34)cc12. The summed E-state index contributed by atoms with van der Waals surface area (Å²) in [4.78, 5) is 71.8. The number of benzene rings is 1. The van der Waals surface area contributed by atoms with Crippen LogP contribution in [-0.2, 0) is 14.4 Å². The minimum atomic E-state index is -1.01. The lowest BCUT2D eigenvalue weighted by Gasteiger charge is -2.35. The maximum absolute atomic E-state index is 13.0. The van der Waals surface area contributed by atoms with Crippen molar-refractivity contribution < 1.29 is 42.6 Å². The number of hydrogen-bond donors (Lipinski definition) is 2. The number of unbranched alkanes of at least 4 members (excludes halogenated alkanes) is 3. The number of amides is 5. The highest BCUT2D eigenvalue weighted by atomic mass is 16.5. The number of methoxy groups -OCH3 is 1. The molecule has 5 amide bonds. The van der Waals surface area contributed by atoms with Crippen LogP contribution in [0.25, 0.3) is 28.1 Å². The predicted molar refractivity (Wildman–Crippen MR) is 190 cm³/mol. The van der Waals surface area contributed by atoms with Crippen LogP contribution in [-0.4, -0.2) is 85.9 Å². The van der Waals surface area contributed by atoms with Crippen molar-refractivity contribution in [2.75, 3.05) is 13.7 Å². The fraction of sp³-hybridized carbons (Fsp3) is 0.368. The summed E-state index contributed by atoms with van der Waals surface area (Å²) in [6.07, 6.45) is 8.43. The van der Waals surface area contributed by atoms with Gasteiger partial charge in [-0.2, -0.15) is 0 Å². The molecule has 2 N–H and O–H groups in total. The molecule has 8 rings (SSSR count). The second-order valence-corrected chi connectivity index (χ2v) is 13.6. The van der Waals surface area contributed by atoms with Crippen LogP contribution in [0.3, 0.4) is 0 Å². The number of furan rings is 1. The summed E-state index contributed by atoms with van der Waals surface area (Å²) in [5.41, 5.74) is 2.34. The van der Waals surface area contributed by atoms with Crippen molar-refractivity contribution in [3.8, 4) is 29.0 Å². The van der Waals surface area contributed by atoms with E-state index in [1.807, 2.05) is 12.1 Å². The largest absolute Gasteiger partial charge is 0.494 e. The predicted octanol–water partition coefficient (Wildman–Crippen LogP) is 4.00. The van der Waals surface area contributed by atoms with E-state index in [-0.39, 0.29) is 42.0 Å². The fourth-order valence-corrected chi connectivity index (χ4v) is 7.04. The first-order chi connectivity index (χ1) is 26.2. The molecule has 16 nitrogen and oxygen atoms in total. The smallest absolute Gasteiger partial charge is 0.262 e. The summed E-state index contributed by atoms with van der Waals surface area (Å²) in [5, 5.41) is 10.7. The van der Waals surface area contributed by atoms with Gasteiger partial charge in [0, 0.05) is 50.1 Å². The van der Waals surface area contributed by atoms with E-state index in [1.165, 1.54) is 12.1 Å². The van der Waals surface area contributed by atoms with Crippen LogP contribution in [0.2, 0.25) is 0 Å². The van der Waals surface area contributed by atoms with Crippen LogP contribution < -0.4 is 24.8 Å². The highest BCUT2D eigenvalue weighted by Crippen LogP contribution is 2.33. The first-order valence-electron chi connectivity index (χ1n) is 18.0. The van der Waals surface area contributed by atoms with Gasteiger partial charge in [-0.25, -0.2) is 14.5 Å². The topological polar surface area (TPSA) is 197 Å². The van der Waals surface area contributed by atoms with Gasteiger partial charge in [-0.3, -0.25) is 34.2 Å². The summed E-state index contributed by atoms with van der Waals surface area (Å²) in [6.45, 7) is 0.407. The summed E-state index contributed by atoms with van der Waals surface area (Å²) < 4.78 is 25.0. The fourth-order valence-electron chi connectivity index (χ4n) is 7.04. The van der Waals surface area contributed by atoms with Crippen molar-refractivity contribution in [3.05, 3.63) is 66.0 Å². The first-order valence-corrected chi connectivity index (χ1v) is 18.0. The number of aromatic nitrogens is 4. The molecule has 0 spiro atoms. The number of nitrogens with zero attached hydrogens (tertiary/aromatic N) is 5. The number of rotatable bonds is 14. The maximum Gasteiger partial charge on any atom is 0.262 e. The molecule has 1 aromatic carbocycles. The van der Waals surface area contributed by atoms with Crippen molar-refractivity contribution >= 4 is 46.2 Å². The Hall–Kier alpha value is -6.32. The molecular weight excluding hydrogens is 698 g/mol. The number of carbonyl (C=O) groups excluding carboxylic acids is 5. The van der Waals surface area contributed by atoms with Gasteiger partial charge in [-0.05, 0) is 49.6 Å². The third-order valence-corrected chi connectivity index (χ3v) is 9.92. The van der Waals surface area contributed by atoms with E-state index in [0.717, 1.165) is 36.0 Å². The molecule has 1 saturated heterocycles. The van der Waals surface area contributed by atoms with Crippen molar-refractivity contribution in [2.24, 2.45) is 0 Å². The molecule has 1 atom stereocenters. The Morgan fingerprint density at radius 2 is 1.81 bits per heavy atom. The van der Waals surface area contributed by atoms with Gasteiger partial charge in [0.15, 0.2) is 11.4 Å². The number of fused-ring (bicyclic) bond motifs is 3. The number of nitrogens with one attached hydrogen (secondary N) is 2. The van der Waals surface area contributed by atoms with E-state index in [1.54, 1.807) is 42.2 Å². The van der Waals surface area contributed by atoms with Gasteiger partial charge in [0.05, 0.1) is 36.4 Å². The average molecular weight is 736 g/mol. The molecule has 54 heavy (non-hydrogen) atoms. The van der Waals surface area contributed by atoms with Crippen molar-refractivity contribution in [1.29, 1.82) is 0 Å². The molecule has 2 aliphatic heterocycles. The number of imide groups is 2. The van der Waals surface area contributed by atoms with E-state index in [0.29, 0.717) is 66.1 Å². The molecule has 4 aromatic heterocycles. The second-order valence-electron chi connectivity index (χ2n) is 13.6. The third kappa shape index (κ3) is 6.81. The number of ether oxygens (including phenoxy) is 3. The lowest BCUT2D eigenvalue weighted by Crippen LogP contribution is -2.54. The van der Waals surface area contributed by atoms with E-state index >= 15 is 0 Å². The Bertz CT molecular complexity index is 2290. The minimum absolute atomic E-state index is 0.0127. The van der Waals surface area contributed by atoms with Crippen LogP contribution in [0.15, 0.2) is 59.3 Å². The van der Waals surface area contributed by atoms with Crippen molar-refractivity contribution in [3.63, 3.8) is 0 Å². The van der Waals surface area contributed by atoms with Crippen LogP contribution in [0.1, 0.15) is 78.5 Å². The van der Waals surface area contributed by atoms with Gasteiger partial charge < -0.3 is 23.9 Å². The third-order valence-electron chi connectivity index (χ3n) is 9.92. The van der Waals surface area contributed by atoms with Gasteiger partial charge in [0.1, 0.15) is 29.2 Å². The Morgan fingerprint density at radius 3 is 2.65 bits per heavy atom. The number of carbonyl (C=O) groups is 5. The summed E-state index contributed by atoms with van der Waals surface area (Å²) in [6, 6.07) is 11.0. The summed E-state index contributed by atoms with van der Waals surface area (Å²) in [5.74, 6) is -0.230. The molecule has 1 aliphatic carbocycles. The number of pyridine rings is 1. The zero-order valence-corrected chi connectivity index (χ0v) is 29.4. The molecule has 3 aliphatic rings. The number of hydrogen-bond acceptors (Lipinski definition) is 12. The van der Waals surface area contributed by atoms with Gasteiger partial charge in [-0.1, -0.05) is 12.8 Å². The van der Waals surface area contributed by atoms with Gasteiger partial charge in [0.25, 0.3) is 11.8 Å². The Balaban J connectivity index is 0.731. The Kier molecular flexibility index (Phi) is 9.40. The van der Waals surface area contributed by atoms with Crippen molar-refractivity contribution in [1.82, 2.24) is 35.1 Å². The molecule has 278 valence electrons. The van der Waals surface area contributed by atoms with Crippen LogP contribution in [0.4, 0.5) is 0 Å². The molecule has 1 saturated carbocycles. The maximum atomic E-state index is 13.0. The van der Waals surface area contributed by atoms with E-state index in [9.17, 15) is 24.0 Å². The van der Waals surface area contributed by atoms with Crippen LogP contribution in [0.5, 0.6) is 17.5 Å². The molecule has 0 radical (unpaired) electrons.